The third-order valence-electron chi connectivity index (χ3n) is 4.92. The van der Waals surface area contributed by atoms with Crippen molar-refractivity contribution in [3.63, 3.8) is 0 Å². The van der Waals surface area contributed by atoms with Crippen LogP contribution in [0.4, 0.5) is 5.13 Å². The number of fused-ring (bicyclic) bond motifs is 1. The van der Waals surface area contributed by atoms with Gasteiger partial charge in [0.2, 0.25) is 0 Å². The molecular formula is C23H26N2O3S2. The van der Waals surface area contributed by atoms with Gasteiger partial charge >= 0.3 is 0 Å². The SMILES string of the molecule is COc1ccc2nc(N(CC3CCCO3)C(=O)c3cccc(SC(C)C)c3)sc2c1. The van der Waals surface area contributed by atoms with Crippen molar-refractivity contribution in [2.24, 2.45) is 0 Å². The van der Waals surface area contributed by atoms with Crippen LogP contribution in [0.5, 0.6) is 5.75 Å². The molecule has 1 aromatic heterocycles. The number of benzene rings is 2. The summed E-state index contributed by atoms with van der Waals surface area (Å²) >= 11 is 3.27. The fourth-order valence-electron chi connectivity index (χ4n) is 3.51. The molecule has 0 spiro atoms. The number of aromatic nitrogens is 1. The third-order valence-corrected chi connectivity index (χ3v) is 6.96. The maximum absolute atomic E-state index is 13.6. The summed E-state index contributed by atoms with van der Waals surface area (Å²) in [6.07, 6.45) is 2.04. The van der Waals surface area contributed by atoms with Crippen molar-refractivity contribution in [1.82, 2.24) is 4.98 Å². The molecule has 4 rings (SSSR count). The van der Waals surface area contributed by atoms with Crippen LogP contribution in [0.1, 0.15) is 37.0 Å². The number of hydrogen-bond donors (Lipinski definition) is 0. The largest absolute Gasteiger partial charge is 0.497 e. The molecule has 1 fully saturated rings. The molecule has 30 heavy (non-hydrogen) atoms. The number of methoxy groups -OCH3 is 1. The molecule has 0 bridgehead atoms. The van der Waals surface area contributed by atoms with E-state index in [0.29, 0.717) is 22.5 Å². The van der Waals surface area contributed by atoms with Gasteiger partial charge in [0.15, 0.2) is 5.13 Å². The van der Waals surface area contributed by atoms with E-state index < -0.39 is 0 Å². The molecular weight excluding hydrogens is 416 g/mol. The maximum Gasteiger partial charge on any atom is 0.260 e. The Kier molecular flexibility index (Phi) is 6.61. The van der Waals surface area contributed by atoms with Crippen LogP contribution in [0, 0.1) is 0 Å². The van der Waals surface area contributed by atoms with Crippen LogP contribution in [-0.2, 0) is 4.74 Å². The van der Waals surface area contributed by atoms with Crippen molar-refractivity contribution in [3.05, 3.63) is 48.0 Å². The van der Waals surface area contributed by atoms with Crippen LogP contribution in [0.3, 0.4) is 0 Å². The van der Waals surface area contributed by atoms with Gasteiger partial charge in [-0.1, -0.05) is 31.3 Å². The second kappa shape index (κ2) is 9.37. The Bertz CT molecular complexity index is 1030. The minimum atomic E-state index is -0.0391. The Labute approximate surface area is 185 Å². The average molecular weight is 443 g/mol. The number of nitrogens with zero attached hydrogens (tertiary/aromatic N) is 2. The Morgan fingerprint density at radius 3 is 2.93 bits per heavy atom. The number of anilines is 1. The van der Waals surface area contributed by atoms with E-state index >= 15 is 0 Å². The highest BCUT2D eigenvalue weighted by atomic mass is 32.2. The molecule has 0 N–H and O–H groups in total. The molecule has 7 heteroatoms. The lowest BCUT2D eigenvalue weighted by Crippen LogP contribution is -2.37. The lowest BCUT2D eigenvalue weighted by molar-refractivity contribution is 0.0917. The number of ether oxygens (including phenoxy) is 2. The number of carbonyl (C=O) groups is 1. The van der Waals surface area contributed by atoms with E-state index in [2.05, 4.69) is 19.9 Å². The normalized spacial score (nSPS) is 16.3. The highest BCUT2D eigenvalue weighted by Gasteiger charge is 2.27. The number of thiazole rings is 1. The zero-order chi connectivity index (χ0) is 21.1. The molecule has 0 aliphatic carbocycles. The summed E-state index contributed by atoms with van der Waals surface area (Å²) in [5.74, 6) is 0.746. The van der Waals surface area contributed by atoms with Crippen molar-refractivity contribution < 1.29 is 14.3 Å². The van der Waals surface area contributed by atoms with E-state index in [-0.39, 0.29) is 12.0 Å². The average Bonchev–Trinajstić information content (AvgIpc) is 3.40. The molecule has 2 heterocycles. The lowest BCUT2D eigenvalue weighted by atomic mass is 10.2. The summed E-state index contributed by atoms with van der Waals surface area (Å²) in [7, 11) is 1.65. The summed E-state index contributed by atoms with van der Waals surface area (Å²) in [6, 6.07) is 13.7. The predicted octanol–water partition coefficient (Wildman–Crippen LogP) is 5.63. The summed E-state index contributed by atoms with van der Waals surface area (Å²) in [4.78, 5) is 21.2. The molecule has 5 nitrogen and oxygen atoms in total. The first kappa shape index (κ1) is 21.2. The van der Waals surface area contributed by atoms with Gasteiger partial charge in [-0.3, -0.25) is 9.69 Å². The van der Waals surface area contributed by atoms with Gasteiger partial charge in [0.25, 0.3) is 5.91 Å². The first-order valence-corrected chi connectivity index (χ1v) is 11.9. The third kappa shape index (κ3) is 4.79. The van der Waals surface area contributed by atoms with E-state index in [1.54, 1.807) is 23.8 Å². The minimum absolute atomic E-state index is 0.0391. The quantitative estimate of drug-likeness (QED) is 0.444. The Morgan fingerprint density at radius 2 is 2.20 bits per heavy atom. The van der Waals surface area contributed by atoms with Gasteiger partial charge in [0.05, 0.1) is 30.0 Å². The minimum Gasteiger partial charge on any atom is -0.497 e. The second-order valence-corrected chi connectivity index (χ2v) is 10.2. The van der Waals surface area contributed by atoms with E-state index in [4.69, 9.17) is 14.5 Å². The Balaban J connectivity index is 1.68. The smallest absolute Gasteiger partial charge is 0.260 e. The van der Waals surface area contributed by atoms with Crippen molar-refractivity contribution in [1.29, 1.82) is 0 Å². The molecule has 1 amide bonds. The van der Waals surface area contributed by atoms with Crippen molar-refractivity contribution >= 4 is 44.4 Å². The Hall–Kier alpha value is -2.09. The highest BCUT2D eigenvalue weighted by Crippen LogP contribution is 2.33. The van der Waals surface area contributed by atoms with Crippen LogP contribution in [0.25, 0.3) is 10.2 Å². The molecule has 0 saturated carbocycles. The standard InChI is InChI=1S/C23H26N2O3S2/c1-15(2)29-19-8-4-6-16(12-19)22(26)25(14-18-7-5-11-28-18)23-24-20-10-9-17(27-3)13-21(20)30-23/h4,6,8-10,12-13,15,18H,5,7,11,14H2,1-3H3. The molecule has 158 valence electrons. The van der Waals surface area contributed by atoms with E-state index in [0.717, 1.165) is 40.3 Å². The van der Waals surface area contributed by atoms with Gasteiger partial charge in [0.1, 0.15) is 5.75 Å². The number of hydrogen-bond acceptors (Lipinski definition) is 6. The van der Waals surface area contributed by atoms with Gasteiger partial charge < -0.3 is 9.47 Å². The summed E-state index contributed by atoms with van der Waals surface area (Å²) < 4.78 is 12.2. The lowest BCUT2D eigenvalue weighted by Gasteiger charge is -2.23. The van der Waals surface area contributed by atoms with Crippen LogP contribution in [-0.4, -0.2) is 42.5 Å². The summed E-state index contributed by atoms with van der Waals surface area (Å²) in [5.41, 5.74) is 1.54. The van der Waals surface area contributed by atoms with Crippen molar-refractivity contribution in [2.45, 2.75) is 42.9 Å². The van der Waals surface area contributed by atoms with Crippen LogP contribution < -0.4 is 9.64 Å². The van der Waals surface area contributed by atoms with Crippen LogP contribution >= 0.6 is 23.1 Å². The molecule has 1 atom stereocenters. The molecule has 0 radical (unpaired) electrons. The molecule has 3 aromatic rings. The molecule has 1 saturated heterocycles. The molecule has 1 aliphatic rings. The highest BCUT2D eigenvalue weighted by molar-refractivity contribution is 7.99. The van der Waals surface area contributed by atoms with E-state index in [1.165, 1.54) is 11.3 Å². The summed E-state index contributed by atoms with van der Waals surface area (Å²) in [5, 5.41) is 1.15. The van der Waals surface area contributed by atoms with Crippen LogP contribution in [0.15, 0.2) is 47.4 Å². The number of rotatable bonds is 7. The first-order valence-electron chi connectivity index (χ1n) is 10.2. The van der Waals surface area contributed by atoms with Crippen molar-refractivity contribution in [3.8, 4) is 5.75 Å². The zero-order valence-electron chi connectivity index (χ0n) is 17.5. The van der Waals surface area contributed by atoms with Gasteiger partial charge in [-0.25, -0.2) is 4.98 Å². The maximum atomic E-state index is 13.6. The molecule has 1 aliphatic heterocycles. The van der Waals surface area contributed by atoms with Gasteiger partial charge in [-0.15, -0.1) is 11.8 Å². The first-order chi connectivity index (χ1) is 14.5. The number of carbonyl (C=O) groups excluding carboxylic acids is 1. The zero-order valence-corrected chi connectivity index (χ0v) is 19.1. The fraction of sp³-hybridized carbons (Fsp3) is 0.391. The van der Waals surface area contributed by atoms with E-state index in [9.17, 15) is 4.79 Å². The Morgan fingerprint density at radius 1 is 1.33 bits per heavy atom. The van der Waals surface area contributed by atoms with Crippen LogP contribution in [0.2, 0.25) is 0 Å². The second-order valence-electron chi connectivity index (χ2n) is 7.58. The van der Waals surface area contributed by atoms with Crippen molar-refractivity contribution in [2.75, 3.05) is 25.2 Å². The molecule has 2 aromatic carbocycles. The number of amides is 1. The van der Waals surface area contributed by atoms with Gasteiger partial charge in [-0.2, -0.15) is 0 Å². The monoisotopic (exact) mass is 442 g/mol. The topological polar surface area (TPSA) is 51.7 Å². The van der Waals surface area contributed by atoms with E-state index in [1.807, 2.05) is 36.4 Å². The summed E-state index contributed by atoms with van der Waals surface area (Å²) in [6.45, 7) is 5.57. The van der Waals surface area contributed by atoms with Gasteiger partial charge in [0, 0.05) is 22.3 Å². The number of thioether (sulfide) groups is 1. The predicted molar refractivity (Wildman–Crippen MR) is 124 cm³/mol. The van der Waals surface area contributed by atoms with Gasteiger partial charge in [-0.05, 0) is 49.2 Å². The molecule has 1 unspecified atom stereocenters. The fourth-order valence-corrected chi connectivity index (χ4v) is 5.40.